The highest BCUT2D eigenvalue weighted by Gasteiger charge is 2.25. The van der Waals surface area contributed by atoms with E-state index in [0.717, 1.165) is 35.3 Å². The molecule has 0 bridgehead atoms. The number of H-pyrrole nitrogens is 1. The molecule has 9 heteroatoms. The van der Waals surface area contributed by atoms with Crippen LogP contribution in [0.1, 0.15) is 30.1 Å². The molecule has 0 amide bonds. The molecule has 1 aromatic carbocycles. The average molecular weight is 394 g/mol. The molecule has 0 atom stereocenters. The normalized spacial score (nSPS) is 14.5. The number of hydrogen-bond donors (Lipinski definition) is 2. The van der Waals surface area contributed by atoms with Gasteiger partial charge in [-0.25, -0.2) is 13.1 Å². The van der Waals surface area contributed by atoms with Crippen LogP contribution < -0.4 is 4.72 Å². The molecule has 0 radical (unpaired) electrons. The van der Waals surface area contributed by atoms with E-state index in [4.69, 9.17) is 0 Å². The summed E-state index contributed by atoms with van der Waals surface area (Å²) < 4.78 is 30.0. The molecule has 4 aromatic rings. The van der Waals surface area contributed by atoms with Gasteiger partial charge in [0.25, 0.3) is 10.0 Å². The molecule has 1 saturated carbocycles. The Kier molecular flexibility index (Phi) is 3.73. The smallest absolute Gasteiger partial charge is 0.265 e. The molecule has 5 rings (SSSR count). The third-order valence-corrected chi connectivity index (χ3v) is 6.22. The highest BCUT2D eigenvalue weighted by atomic mass is 32.2. The van der Waals surface area contributed by atoms with Gasteiger partial charge in [0.05, 0.1) is 29.3 Å². The second kappa shape index (κ2) is 6.16. The first-order valence-corrected chi connectivity index (χ1v) is 10.5. The SMILES string of the molecule is Cc1[nH]nc2cccc(NS(=O)(=O)c3cnn(-c4ccnc(C5CC5)c4)c3)c12. The van der Waals surface area contributed by atoms with Crippen LogP contribution >= 0.6 is 0 Å². The van der Waals surface area contributed by atoms with Crippen molar-refractivity contribution in [1.82, 2.24) is 25.0 Å². The van der Waals surface area contributed by atoms with Gasteiger partial charge in [-0.05, 0) is 44.0 Å². The van der Waals surface area contributed by atoms with E-state index in [1.807, 2.05) is 25.1 Å². The zero-order chi connectivity index (χ0) is 19.3. The molecule has 0 aliphatic heterocycles. The summed E-state index contributed by atoms with van der Waals surface area (Å²) in [5.41, 5.74) is 3.81. The largest absolute Gasteiger partial charge is 0.282 e. The second-order valence-corrected chi connectivity index (χ2v) is 8.67. The van der Waals surface area contributed by atoms with Gasteiger partial charge in [-0.1, -0.05) is 6.07 Å². The number of rotatable bonds is 5. The summed E-state index contributed by atoms with van der Waals surface area (Å²) in [6, 6.07) is 9.09. The Morgan fingerprint density at radius 3 is 2.93 bits per heavy atom. The van der Waals surface area contributed by atoms with Crippen molar-refractivity contribution in [2.75, 3.05) is 4.72 Å². The third kappa shape index (κ3) is 2.93. The van der Waals surface area contributed by atoms with E-state index >= 15 is 0 Å². The summed E-state index contributed by atoms with van der Waals surface area (Å²) >= 11 is 0. The highest BCUT2D eigenvalue weighted by Crippen LogP contribution is 2.39. The Morgan fingerprint density at radius 1 is 1.25 bits per heavy atom. The standard InChI is InChI=1S/C19H18N6O2S/c1-12-19-16(23-22-12)3-2-4-17(19)24-28(26,27)15-10-21-25(11-15)14-7-8-20-18(9-14)13-5-6-13/h2-4,7-11,13,24H,5-6H2,1H3,(H,22,23). The fourth-order valence-electron chi connectivity index (χ4n) is 3.28. The minimum atomic E-state index is -3.79. The van der Waals surface area contributed by atoms with E-state index in [2.05, 4.69) is 25.0 Å². The molecule has 1 fully saturated rings. The van der Waals surface area contributed by atoms with Crippen LogP contribution in [-0.2, 0) is 10.0 Å². The fraction of sp³-hybridized carbons (Fsp3) is 0.211. The highest BCUT2D eigenvalue weighted by molar-refractivity contribution is 7.92. The number of nitrogens with one attached hydrogen (secondary N) is 2. The van der Waals surface area contributed by atoms with Crippen molar-refractivity contribution >= 4 is 26.6 Å². The molecule has 1 aliphatic rings. The van der Waals surface area contributed by atoms with Crippen molar-refractivity contribution in [2.45, 2.75) is 30.6 Å². The van der Waals surface area contributed by atoms with Crippen LogP contribution in [-0.4, -0.2) is 33.4 Å². The van der Waals surface area contributed by atoms with Gasteiger partial charge in [0, 0.05) is 28.9 Å². The van der Waals surface area contributed by atoms with E-state index in [0.29, 0.717) is 17.1 Å². The number of benzene rings is 1. The molecular weight excluding hydrogens is 376 g/mol. The van der Waals surface area contributed by atoms with Gasteiger partial charge in [-0.2, -0.15) is 10.2 Å². The first-order valence-electron chi connectivity index (χ1n) is 8.99. The Morgan fingerprint density at radius 2 is 2.11 bits per heavy atom. The number of fused-ring (bicyclic) bond motifs is 1. The van der Waals surface area contributed by atoms with Gasteiger partial charge in [0.15, 0.2) is 0 Å². The van der Waals surface area contributed by atoms with Gasteiger partial charge in [-0.15, -0.1) is 0 Å². The van der Waals surface area contributed by atoms with Crippen molar-refractivity contribution in [3.63, 3.8) is 0 Å². The monoisotopic (exact) mass is 394 g/mol. The topological polar surface area (TPSA) is 106 Å². The second-order valence-electron chi connectivity index (χ2n) is 6.99. The van der Waals surface area contributed by atoms with Gasteiger partial charge in [0.1, 0.15) is 4.90 Å². The predicted molar refractivity (Wildman–Crippen MR) is 105 cm³/mol. The molecule has 8 nitrogen and oxygen atoms in total. The molecule has 1 aliphatic carbocycles. The van der Waals surface area contributed by atoms with Crippen molar-refractivity contribution in [1.29, 1.82) is 0 Å². The molecule has 2 N–H and O–H groups in total. The molecular formula is C19H18N6O2S. The molecule has 3 aromatic heterocycles. The van der Waals surface area contributed by atoms with Crippen LogP contribution in [0.2, 0.25) is 0 Å². The summed E-state index contributed by atoms with van der Waals surface area (Å²) in [7, 11) is -3.79. The van der Waals surface area contributed by atoms with Gasteiger partial charge in [0.2, 0.25) is 0 Å². The van der Waals surface area contributed by atoms with Crippen LogP contribution in [0.5, 0.6) is 0 Å². The number of anilines is 1. The zero-order valence-corrected chi connectivity index (χ0v) is 15.9. The van der Waals surface area contributed by atoms with E-state index in [9.17, 15) is 8.42 Å². The number of nitrogens with zero attached hydrogens (tertiary/aromatic N) is 4. The number of aryl methyl sites for hydroxylation is 1. The summed E-state index contributed by atoms with van der Waals surface area (Å²) in [6.45, 7) is 1.85. The van der Waals surface area contributed by atoms with Crippen molar-refractivity contribution in [3.05, 3.63) is 60.3 Å². The molecule has 0 spiro atoms. The van der Waals surface area contributed by atoms with Crippen molar-refractivity contribution in [3.8, 4) is 5.69 Å². The molecule has 3 heterocycles. The lowest BCUT2D eigenvalue weighted by molar-refractivity contribution is 0.601. The Hall–Kier alpha value is -3.20. The Balaban J connectivity index is 1.47. The summed E-state index contributed by atoms with van der Waals surface area (Å²) in [4.78, 5) is 4.48. The molecule has 0 unspecified atom stereocenters. The minimum absolute atomic E-state index is 0.0930. The maximum absolute atomic E-state index is 12.9. The maximum atomic E-state index is 12.9. The number of pyridine rings is 1. The first-order chi connectivity index (χ1) is 13.5. The first kappa shape index (κ1) is 16.9. The quantitative estimate of drug-likeness (QED) is 0.541. The third-order valence-electron chi connectivity index (χ3n) is 4.90. The van der Waals surface area contributed by atoms with E-state index in [-0.39, 0.29) is 4.90 Å². The summed E-state index contributed by atoms with van der Waals surface area (Å²) in [6.07, 6.45) is 6.90. The van der Waals surface area contributed by atoms with Crippen LogP contribution in [0.4, 0.5) is 5.69 Å². The van der Waals surface area contributed by atoms with Gasteiger partial charge in [-0.3, -0.25) is 14.8 Å². The molecule has 0 saturated heterocycles. The van der Waals surface area contributed by atoms with E-state index < -0.39 is 10.0 Å². The Bertz CT molecular complexity index is 1290. The lowest BCUT2D eigenvalue weighted by Gasteiger charge is -2.08. The minimum Gasteiger partial charge on any atom is -0.282 e. The maximum Gasteiger partial charge on any atom is 0.265 e. The van der Waals surface area contributed by atoms with Gasteiger partial charge >= 0.3 is 0 Å². The summed E-state index contributed by atoms with van der Waals surface area (Å²) in [5, 5.41) is 12.0. The van der Waals surface area contributed by atoms with E-state index in [1.54, 1.807) is 23.0 Å². The lowest BCUT2D eigenvalue weighted by Crippen LogP contribution is -2.12. The number of hydrogen-bond acceptors (Lipinski definition) is 5. The van der Waals surface area contributed by atoms with Crippen LogP contribution in [0.25, 0.3) is 16.6 Å². The summed E-state index contributed by atoms with van der Waals surface area (Å²) in [5.74, 6) is 0.513. The number of sulfonamides is 1. The Labute approximate surface area is 161 Å². The van der Waals surface area contributed by atoms with Crippen LogP contribution in [0.3, 0.4) is 0 Å². The van der Waals surface area contributed by atoms with Crippen LogP contribution in [0.15, 0.2) is 53.8 Å². The van der Waals surface area contributed by atoms with Crippen molar-refractivity contribution < 1.29 is 8.42 Å². The van der Waals surface area contributed by atoms with Crippen molar-refractivity contribution in [2.24, 2.45) is 0 Å². The predicted octanol–water partition coefficient (Wildman–Crippen LogP) is 3.13. The van der Waals surface area contributed by atoms with E-state index in [1.165, 1.54) is 12.4 Å². The fourth-order valence-corrected chi connectivity index (χ4v) is 4.29. The average Bonchev–Trinajstić information content (AvgIpc) is 3.28. The molecule has 142 valence electrons. The van der Waals surface area contributed by atoms with Crippen LogP contribution in [0, 0.1) is 6.92 Å². The van der Waals surface area contributed by atoms with Gasteiger partial charge < -0.3 is 0 Å². The number of aromatic amines is 1. The number of aromatic nitrogens is 5. The zero-order valence-electron chi connectivity index (χ0n) is 15.1. The lowest BCUT2D eigenvalue weighted by atomic mass is 10.2. The molecule has 28 heavy (non-hydrogen) atoms.